The number of carboxylic acid groups (broad SMARTS) is 1. The van der Waals surface area contributed by atoms with Gasteiger partial charge in [0.05, 0.1) is 35.8 Å². The molecule has 6 rings (SSSR count). The average molecular weight is 580 g/mol. The summed E-state index contributed by atoms with van der Waals surface area (Å²) in [5.74, 6) is 0.738. The van der Waals surface area contributed by atoms with E-state index in [4.69, 9.17) is 26.1 Å². The van der Waals surface area contributed by atoms with E-state index in [9.17, 15) is 14.3 Å². The fourth-order valence-electron chi connectivity index (χ4n) is 5.25. The number of aromatic carboxylic acids is 1. The van der Waals surface area contributed by atoms with E-state index in [2.05, 4.69) is 19.8 Å². The molecule has 9 nitrogen and oxygen atoms in total. The molecule has 0 spiro atoms. The van der Waals surface area contributed by atoms with E-state index >= 15 is 0 Å². The first kappa shape index (κ1) is 27.4. The number of ether oxygens (including phenoxy) is 2. The third-order valence-electron chi connectivity index (χ3n) is 7.64. The normalized spacial score (nSPS) is 17.9. The molecular formula is C30H31ClFN5O4. The first-order chi connectivity index (χ1) is 19.9. The van der Waals surface area contributed by atoms with E-state index in [1.807, 2.05) is 18.2 Å². The zero-order valence-corrected chi connectivity index (χ0v) is 23.2. The number of benzene rings is 2. The van der Waals surface area contributed by atoms with Gasteiger partial charge in [0.1, 0.15) is 23.6 Å². The number of piperidine rings is 1. The minimum Gasteiger partial charge on any atom is -0.478 e. The Balaban J connectivity index is 1.06. The highest BCUT2D eigenvalue weighted by molar-refractivity contribution is 6.30. The Kier molecular flexibility index (Phi) is 8.04. The molecule has 41 heavy (non-hydrogen) atoms. The first-order valence-electron chi connectivity index (χ1n) is 13.8. The fourth-order valence-corrected chi connectivity index (χ4v) is 5.41. The van der Waals surface area contributed by atoms with Crippen molar-refractivity contribution in [2.45, 2.75) is 51.1 Å². The number of imidazole rings is 1. The number of pyridine rings is 1. The van der Waals surface area contributed by atoms with E-state index in [0.29, 0.717) is 35.4 Å². The third-order valence-corrected chi connectivity index (χ3v) is 7.87. The molecule has 4 heterocycles. The molecule has 2 fully saturated rings. The average Bonchev–Trinajstić information content (AvgIpc) is 3.27. The molecule has 11 heteroatoms. The second kappa shape index (κ2) is 12.0. The Morgan fingerprint density at radius 1 is 1.12 bits per heavy atom. The van der Waals surface area contributed by atoms with Crippen LogP contribution >= 0.6 is 11.6 Å². The number of carbonyl (C=O) groups is 1. The summed E-state index contributed by atoms with van der Waals surface area (Å²) >= 11 is 5.84. The highest BCUT2D eigenvalue weighted by Crippen LogP contribution is 2.25. The van der Waals surface area contributed by atoms with E-state index in [0.717, 1.165) is 55.8 Å². The van der Waals surface area contributed by atoms with Crippen molar-refractivity contribution in [2.24, 2.45) is 0 Å². The predicted molar refractivity (Wildman–Crippen MR) is 153 cm³/mol. The van der Waals surface area contributed by atoms with Crippen LogP contribution in [0.15, 0.2) is 54.6 Å². The van der Waals surface area contributed by atoms with Gasteiger partial charge in [-0.3, -0.25) is 4.90 Å². The first-order valence-corrected chi connectivity index (χ1v) is 14.2. The monoisotopic (exact) mass is 579 g/mol. The van der Waals surface area contributed by atoms with Crippen LogP contribution in [0.5, 0.6) is 5.88 Å². The molecule has 2 saturated heterocycles. The lowest BCUT2D eigenvalue weighted by atomic mass is 10.1. The van der Waals surface area contributed by atoms with E-state index in [1.54, 1.807) is 30.3 Å². The summed E-state index contributed by atoms with van der Waals surface area (Å²) in [5.41, 5.74) is 2.38. The van der Waals surface area contributed by atoms with Crippen LogP contribution in [0.4, 0.5) is 10.2 Å². The molecule has 0 amide bonds. The minimum absolute atomic E-state index is 0.0306. The Bertz CT molecular complexity index is 1550. The Morgan fingerprint density at radius 3 is 2.68 bits per heavy atom. The lowest BCUT2D eigenvalue weighted by molar-refractivity contribution is -0.0592. The maximum absolute atomic E-state index is 14.1. The van der Waals surface area contributed by atoms with Gasteiger partial charge >= 0.3 is 5.97 Å². The number of hydrogen-bond acceptors (Lipinski definition) is 7. The minimum atomic E-state index is -0.950. The summed E-state index contributed by atoms with van der Waals surface area (Å²) in [4.78, 5) is 23.3. The molecule has 214 valence electrons. The van der Waals surface area contributed by atoms with Crippen LogP contribution in [-0.2, 0) is 24.4 Å². The number of likely N-dealkylation sites (tertiary alicyclic amines) is 1. The summed E-state index contributed by atoms with van der Waals surface area (Å²) in [6.45, 7) is 4.04. The molecule has 0 saturated carbocycles. The number of fused-ring (bicyclic) bond motifs is 1. The second-order valence-electron chi connectivity index (χ2n) is 10.5. The van der Waals surface area contributed by atoms with Gasteiger partial charge in [0, 0.05) is 42.9 Å². The standard InChI is InChI=1S/C30H31ClFN5O4/c31-21-6-4-20(24(32)15-21)16-33-27-2-1-3-29(35-27)41-22-8-11-36(12-9-22)18-28-34-25-7-5-19(30(38)39)14-26(25)37(28)17-23-10-13-40-23/h1-7,14-15,22-23H,8-13,16-18H2,(H,33,35)(H,38,39)/t23-/m0/s1. The van der Waals surface area contributed by atoms with Crippen LogP contribution in [0.25, 0.3) is 11.0 Å². The van der Waals surface area contributed by atoms with Crippen LogP contribution in [0.3, 0.4) is 0 Å². The van der Waals surface area contributed by atoms with Gasteiger partial charge in [0.25, 0.3) is 0 Å². The quantitative estimate of drug-likeness (QED) is 0.259. The molecule has 2 aromatic carbocycles. The summed E-state index contributed by atoms with van der Waals surface area (Å²) < 4.78 is 28.1. The lowest BCUT2D eigenvalue weighted by Crippen LogP contribution is -2.39. The van der Waals surface area contributed by atoms with Crippen molar-refractivity contribution < 1.29 is 23.8 Å². The maximum Gasteiger partial charge on any atom is 0.335 e. The smallest absolute Gasteiger partial charge is 0.335 e. The van der Waals surface area contributed by atoms with E-state index in [1.165, 1.54) is 6.07 Å². The van der Waals surface area contributed by atoms with Gasteiger partial charge in [-0.05, 0) is 55.7 Å². The molecule has 0 aliphatic carbocycles. The largest absolute Gasteiger partial charge is 0.478 e. The van der Waals surface area contributed by atoms with Crippen LogP contribution in [0, 0.1) is 5.82 Å². The molecule has 2 aromatic heterocycles. The Labute approximate surface area is 241 Å². The molecule has 1 atom stereocenters. The zero-order chi connectivity index (χ0) is 28.3. The molecule has 4 aromatic rings. The van der Waals surface area contributed by atoms with Crippen LogP contribution in [0.1, 0.15) is 41.0 Å². The summed E-state index contributed by atoms with van der Waals surface area (Å²) in [6, 6.07) is 15.2. The van der Waals surface area contributed by atoms with Crippen molar-refractivity contribution >= 4 is 34.4 Å². The van der Waals surface area contributed by atoms with Gasteiger partial charge in [-0.1, -0.05) is 23.7 Å². The van der Waals surface area contributed by atoms with Crippen molar-refractivity contribution in [3.8, 4) is 5.88 Å². The van der Waals surface area contributed by atoms with E-state index in [-0.39, 0.29) is 30.1 Å². The number of nitrogens with one attached hydrogen (secondary N) is 1. The summed E-state index contributed by atoms with van der Waals surface area (Å²) in [7, 11) is 0. The number of carboxylic acids is 1. The number of nitrogens with zero attached hydrogens (tertiary/aromatic N) is 4. The second-order valence-corrected chi connectivity index (χ2v) is 10.9. The summed E-state index contributed by atoms with van der Waals surface area (Å²) in [5, 5.41) is 13.0. The topological polar surface area (TPSA) is 102 Å². The van der Waals surface area contributed by atoms with Gasteiger partial charge < -0.3 is 24.5 Å². The maximum atomic E-state index is 14.1. The number of anilines is 1. The number of halogens is 2. The highest BCUT2D eigenvalue weighted by atomic mass is 35.5. The van der Waals surface area contributed by atoms with Gasteiger partial charge in [-0.25, -0.2) is 14.2 Å². The molecule has 2 aliphatic rings. The van der Waals surface area contributed by atoms with Gasteiger partial charge in [-0.15, -0.1) is 0 Å². The molecule has 0 unspecified atom stereocenters. The van der Waals surface area contributed by atoms with Crippen molar-refractivity contribution in [1.82, 2.24) is 19.4 Å². The van der Waals surface area contributed by atoms with Crippen molar-refractivity contribution in [1.29, 1.82) is 0 Å². The predicted octanol–water partition coefficient (Wildman–Crippen LogP) is 5.37. The number of aromatic nitrogens is 3. The SMILES string of the molecule is O=C(O)c1ccc2nc(CN3CCC(Oc4cccc(NCc5ccc(Cl)cc5F)n4)CC3)n(C[C@@H]3CCO3)c2c1. The van der Waals surface area contributed by atoms with Crippen LogP contribution in [0.2, 0.25) is 5.02 Å². The molecule has 2 aliphatic heterocycles. The number of rotatable bonds is 10. The van der Waals surface area contributed by atoms with Crippen LogP contribution < -0.4 is 10.1 Å². The highest BCUT2D eigenvalue weighted by Gasteiger charge is 2.26. The Hall–Kier alpha value is -3.73. The zero-order valence-electron chi connectivity index (χ0n) is 22.4. The molecule has 0 bridgehead atoms. The van der Waals surface area contributed by atoms with Crippen molar-refractivity contribution in [3.63, 3.8) is 0 Å². The summed E-state index contributed by atoms with van der Waals surface area (Å²) in [6.07, 6.45) is 2.82. The van der Waals surface area contributed by atoms with Crippen molar-refractivity contribution in [3.05, 3.63) is 82.4 Å². The molecular weight excluding hydrogens is 549 g/mol. The third kappa shape index (κ3) is 6.45. The van der Waals surface area contributed by atoms with Gasteiger partial charge in [0.15, 0.2) is 0 Å². The Morgan fingerprint density at radius 2 is 1.95 bits per heavy atom. The molecule has 2 N–H and O–H groups in total. The van der Waals surface area contributed by atoms with Gasteiger partial charge in [-0.2, -0.15) is 4.98 Å². The van der Waals surface area contributed by atoms with E-state index < -0.39 is 5.97 Å². The molecule has 0 radical (unpaired) electrons. The fraction of sp³-hybridized carbons (Fsp3) is 0.367. The number of hydrogen-bond donors (Lipinski definition) is 2. The van der Waals surface area contributed by atoms with Crippen LogP contribution in [-0.4, -0.2) is 62.4 Å². The lowest BCUT2D eigenvalue weighted by Gasteiger charge is -2.32. The van der Waals surface area contributed by atoms with Gasteiger partial charge in [0.2, 0.25) is 5.88 Å². The van der Waals surface area contributed by atoms with Crippen molar-refractivity contribution in [2.75, 3.05) is 25.0 Å².